The Morgan fingerprint density at radius 3 is 2.65 bits per heavy atom. The molecule has 2 aromatic carbocycles. The minimum atomic E-state index is -1.12. The van der Waals surface area contributed by atoms with Crippen LogP contribution in [0.1, 0.15) is 21.5 Å². The molecule has 2 N–H and O–H groups in total. The third kappa shape index (κ3) is 3.51. The number of aromatic carboxylic acids is 1. The van der Waals surface area contributed by atoms with Gasteiger partial charge in [-0.2, -0.15) is 0 Å². The molecule has 0 aliphatic carbocycles. The lowest BCUT2D eigenvalue weighted by atomic mass is 10.1. The molecule has 2 aromatic rings. The number of carbonyl (C=O) groups is 3. The number of anilines is 2. The molecule has 26 heavy (non-hydrogen) atoms. The van der Waals surface area contributed by atoms with Crippen LogP contribution in [-0.4, -0.2) is 36.0 Å². The molecule has 2 amide bonds. The predicted molar refractivity (Wildman–Crippen MR) is 95.8 cm³/mol. The summed E-state index contributed by atoms with van der Waals surface area (Å²) < 4.78 is 5.32. The van der Waals surface area contributed by atoms with E-state index in [0.717, 1.165) is 11.1 Å². The zero-order valence-electron chi connectivity index (χ0n) is 14.4. The highest BCUT2D eigenvalue weighted by Crippen LogP contribution is 2.33. The molecule has 1 heterocycles. The molecule has 0 aromatic heterocycles. The number of carbonyl (C=O) groups excluding carboxylic acids is 2. The Morgan fingerprint density at radius 2 is 1.96 bits per heavy atom. The minimum Gasteiger partial charge on any atom is -0.482 e. The number of aryl methyl sites for hydroxylation is 2. The number of nitrogens with zero attached hydrogens (tertiary/aromatic N) is 1. The number of carboxylic acids is 1. The number of hydrogen-bond donors (Lipinski definition) is 2. The largest absolute Gasteiger partial charge is 0.482 e. The topological polar surface area (TPSA) is 95.9 Å². The number of rotatable bonds is 4. The van der Waals surface area contributed by atoms with Gasteiger partial charge in [-0.15, -0.1) is 0 Å². The molecule has 0 unspecified atom stereocenters. The van der Waals surface area contributed by atoms with E-state index < -0.39 is 11.9 Å². The summed E-state index contributed by atoms with van der Waals surface area (Å²) in [5, 5.41) is 11.9. The lowest BCUT2D eigenvalue weighted by Gasteiger charge is -2.29. The second kappa shape index (κ2) is 6.87. The second-order valence-electron chi connectivity index (χ2n) is 6.12. The van der Waals surface area contributed by atoms with Crippen molar-refractivity contribution in [2.45, 2.75) is 13.8 Å². The van der Waals surface area contributed by atoms with Crippen molar-refractivity contribution < 1.29 is 24.2 Å². The first kappa shape index (κ1) is 17.5. The first-order valence-corrected chi connectivity index (χ1v) is 8.03. The lowest BCUT2D eigenvalue weighted by Crippen LogP contribution is -2.43. The number of fused-ring (bicyclic) bond motifs is 1. The Kier molecular flexibility index (Phi) is 4.62. The first-order valence-electron chi connectivity index (χ1n) is 8.03. The van der Waals surface area contributed by atoms with Crippen molar-refractivity contribution in [3.63, 3.8) is 0 Å². The van der Waals surface area contributed by atoms with Crippen LogP contribution in [0.25, 0.3) is 0 Å². The van der Waals surface area contributed by atoms with Crippen LogP contribution >= 0.6 is 0 Å². The van der Waals surface area contributed by atoms with Gasteiger partial charge in [0.25, 0.3) is 5.91 Å². The summed E-state index contributed by atoms with van der Waals surface area (Å²) in [6.45, 7) is 3.42. The van der Waals surface area contributed by atoms with Crippen LogP contribution in [0.4, 0.5) is 11.4 Å². The molecule has 0 radical (unpaired) electrons. The van der Waals surface area contributed by atoms with Gasteiger partial charge in [0.1, 0.15) is 12.3 Å². The molecular formula is C19H18N2O5. The normalized spacial score (nSPS) is 13.0. The van der Waals surface area contributed by atoms with Crippen molar-refractivity contribution in [3.8, 4) is 5.75 Å². The Labute approximate surface area is 150 Å². The van der Waals surface area contributed by atoms with Crippen LogP contribution in [0.15, 0.2) is 36.4 Å². The van der Waals surface area contributed by atoms with E-state index in [1.807, 2.05) is 26.0 Å². The van der Waals surface area contributed by atoms with E-state index in [-0.39, 0.29) is 30.3 Å². The Hall–Kier alpha value is -3.35. The maximum absolute atomic E-state index is 12.4. The molecule has 0 bridgehead atoms. The summed E-state index contributed by atoms with van der Waals surface area (Å²) >= 11 is 0. The van der Waals surface area contributed by atoms with E-state index in [2.05, 4.69) is 5.32 Å². The molecule has 0 fully saturated rings. The monoisotopic (exact) mass is 354 g/mol. The minimum absolute atomic E-state index is 0.0156. The molecule has 7 heteroatoms. The van der Waals surface area contributed by atoms with Crippen LogP contribution in [0, 0.1) is 13.8 Å². The van der Waals surface area contributed by atoms with Crippen molar-refractivity contribution in [3.05, 3.63) is 53.1 Å². The standard InChI is InChI=1S/C19H18N2O5/c1-11-3-5-14(12(2)7-11)20-17(22)9-21-15-8-13(19(24)25)4-6-16(15)26-10-18(21)23/h3-8H,9-10H2,1-2H3,(H,20,22)(H,24,25). The molecule has 134 valence electrons. The number of carboxylic acid groups (broad SMARTS) is 1. The third-order valence-corrected chi connectivity index (χ3v) is 4.11. The van der Waals surface area contributed by atoms with Crippen LogP contribution in [-0.2, 0) is 9.59 Å². The van der Waals surface area contributed by atoms with Crippen molar-refractivity contribution in [1.82, 2.24) is 0 Å². The summed E-state index contributed by atoms with van der Waals surface area (Å²) in [6, 6.07) is 9.85. The maximum atomic E-state index is 12.4. The average Bonchev–Trinajstić information content (AvgIpc) is 2.59. The molecule has 0 spiro atoms. The fraction of sp³-hybridized carbons (Fsp3) is 0.211. The summed E-state index contributed by atoms with van der Waals surface area (Å²) in [5.74, 6) is -1.53. The van der Waals surface area contributed by atoms with E-state index >= 15 is 0 Å². The molecule has 1 aliphatic rings. The van der Waals surface area contributed by atoms with Gasteiger partial charge in [0.15, 0.2) is 6.61 Å². The van der Waals surface area contributed by atoms with Crippen LogP contribution in [0.2, 0.25) is 0 Å². The van der Waals surface area contributed by atoms with E-state index in [1.54, 1.807) is 6.07 Å². The molecule has 0 saturated carbocycles. The smallest absolute Gasteiger partial charge is 0.335 e. The zero-order valence-corrected chi connectivity index (χ0v) is 14.4. The Morgan fingerprint density at radius 1 is 1.19 bits per heavy atom. The maximum Gasteiger partial charge on any atom is 0.335 e. The predicted octanol–water partition coefficient (Wildman–Crippen LogP) is 2.37. The number of nitrogens with one attached hydrogen (secondary N) is 1. The van der Waals surface area contributed by atoms with Gasteiger partial charge >= 0.3 is 5.97 Å². The third-order valence-electron chi connectivity index (χ3n) is 4.11. The van der Waals surface area contributed by atoms with E-state index in [0.29, 0.717) is 11.4 Å². The van der Waals surface area contributed by atoms with Crippen molar-refractivity contribution in [2.24, 2.45) is 0 Å². The van der Waals surface area contributed by atoms with E-state index in [1.165, 1.54) is 23.1 Å². The number of hydrogen-bond acceptors (Lipinski definition) is 4. The van der Waals surface area contributed by atoms with Gasteiger partial charge < -0.3 is 15.2 Å². The average molecular weight is 354 g/mol. The highest BCUT2D eigenvalue weighted by molar-refractivity contribution is 6.06. The molecule has 1 aliphatic heterocycles. The number of amides is 2. The van der Waals surface area contributed by atoms with Gasteiger partial charge in [-0.05, 0) is 43.7 Å². The SMILES string of the molecule is Cc1ccc(NC(=O)CN2C(=O)COc3ccc(C(=O)O)cc32)c(C)c1. The summed E-state index contributed by atoms with van der Waals surface area (Å²) in [5.41, 5.74) is 2.96. The fourth-order valence-corrected chi connectivity index (χ4v) is 2.80. The number of benzene rings is 2. The Bertz CT molecular complexity index is 907. The summed E-state index contributed by atoms with van der Waals surface area (Å²) in [6.07, 6.45) is 0. The molecular weight excluding hydrogens is 336 g/mol. The van der Waals surface area contributed by atoms with Crippen molar-refractivity contribution >= 4 is 29.2 Å². The van der Waals surface area contributed by atoms with Crippen LogP contribution < -0.4 is 15.0 Å². The van der Waals surface area contributed by atoms with Crippen LogP contribution in [0.5, 0.6) is 5.75 Å². The molecule has 0 saturated heterocycles. The van der Waals surface area contributed by atoms with E-state index in [4.69, 9.17) is 9.84 Å². The highest BCUT2D eigenvalue weighted by Gasteiger charge is 2.28. The first-order chi connectivity index (χ1) is 12.3. The van der Waals surface area contributed by atoms with Gasteiger partial charge in [0, 0.05) is 5.69 Å². The van der Waals surface area contributed by atoms with Gasteiger partial charge in [0.05, 0.1) is 11.3 Å². The highest BCUT2D eigenvalue weighted by atomic mass is 16.5. The van der Waals surface area contributed by atoms with Gasteiger partial charge in [0.2, 0.25) is 5.91 Å². The second-order valence-corrected chi connectivity index (χ2v) is 6.12. The Balaban J connectivity index is 1.83. The van der Waals surface area contributed by atoms with Gasteiger partial charge in [-0.1, -0.05) is 17.7 Å². The zero-order chi connectivity index (χ0) is 18.8. The van der Waals surface area contributed by atoms with E-state index in [9.17, 15) is 14.4 Å². The fourth-order valence-electron chi connectivity index (χ4n) is 2.80. The number of ether oxygens (including phenoxy) is 1. The quantitative estimate of drug-likeness (QED) is 0.879. The van der Waals surface area contributed by atoms with Crippen molar-refractivity contribution in [1.29, 1.82) is 0 Å². The molecule has 0 atom stereocenters. The van der Waals surface area contributed by atoms with Gasteiger partial charge in [-0.3, -0.25) is 14.5 Å². The molecule has 7 nitrogen and oxygen atoms in total. The molecule has 3 rings (SSSR count). The lowest BCUT2D eigenvalue weighted by molar-refractivity contribution is -0.123. The summed E-state index contributed by atoms with van der Waals surface area (Å²) in [7, 11) is 0. The van der Waals surface area contributed by atoms with Gasteiger partial charge in [-0.25, -0.2) is 4.79 Å². The van der Waals surface area contributed by atoms with Crippen molar-refractivity contribution in [2.75, 3.05) is 23.4 Å². The van der Waals surface area contributed by atoms with Crippen LogP contribution in [0.3, 0.4) is 0 Å². The summed E-state index contributed by atoms with van der Waals surface area (Å²) in [4.78, 5) is 37.1.